The van der Waals surface area contributed by atoms with E-state index in [2.05, 4.69) is 17.6 Å². The van der Waals surface area contributed by atoms with Crippen molar-refractivity contribution in [2.24, 2.45) is 0 Å². The van der Waals surface area contributed by atoms with E-state index in [4.69, 9.17) is 0 Å². The molecule has 0 saturated heterocycles. The van der Waals surface area contributed by atoms with Crippen molar-refractivity contribution >= 4 is 17.3 Å². The largest absolute Gasteiger partial charge is 0.378 e. The first-order valence-corrected chi connectivity index (χ1v) is 8.43. The maximum absolute atomic E-state index is 12.5. The molecular weight excluding hydrogens is 318 g/mol. The van der Waals surface area contributed by atoms with Crippen LogP contribution in [0.25, 0.3) is 0 Å². The Balaban J connectivity index is 1.88. The van der Waals surface area contributed by atoms with Crippen molar-refractivity contribution < 1.29 is 9.72 Å². The van der Waals surface area contributed by atoms with Gasteiger partial charge in [0.25, 0.3) is 5.69 Å². The number of anilines is 1. The first-order valence-electron chi connectivity index (χ1n) is 8.43. The molecule has 0 bridgehead atoms. The standard InChI is InChI=1S/C19H23N3O3/c1-2-8-16(15-9-4-3-5-10-15)19(23)21-14-13-20-17-11-6-7-12-18(17)22(24)25/h3-7,9-12,16,20H,2,8,13-14H2,1H3,(H,21,23)/t16-/m0/s1. The molecule has 0 saturated carbocycles. The Bertz CT molecular complexity index is 704. The van der Waals surface area contributed by atoms with Crippen LogP contribution in [0.1, 0.15) is 31.2 Å². The van der Waals surface area contributed by atoms with Crippen molar-refractivity contribution in [1.29, 1.82) is 0 Å². The van der Waals surface area contributed by atoms with E-state index >= 15 is 0 Å². The SMILES string of the molecule is CCC[C@H](C(=O)NCCNc1ccccc1[N+](=O)[O-])c1ccccc1. The van der Waals surface area contributed by atoms with E-state index < -0.39 is 4.92 Å². The quantitative estimate of drug-likeness (QED) is 0.414. The van der Waals surface area contributed by atoms with E-state index in [-0.39, 0.29) is 17.5 Å². The number of para-hydroxylation sites is 2. The molecule has 0 radical (unpaired) electrons. The summed E-state index contributed by atoms with van der Waals surface area (Å²) in [5.74, 6) is -0.185. The van der Waals surface area contributed by atoms with Gasteiger partial charge < -0.3 is 10.6 Å². The molecule has 25 heavy (non-hydrogen) atoms. The monoisotopic (exact) mass is 341 g/mol. The van der Waals surface area contributed by atoms with Gasteiger partial charge in [-0.05, 0) is 18.1 Å². The Morgan fingerprint density at radius 3 is 2.44 bits per heavy atom. The van der Waals surface area contributed by atoms with Crippen LogP contribution in [0.2, 0.25) is 0 Å². The van der Waals surface area contributed by atoms with Crippen LogP contribution in [-0.2, 0) is 4.79 Å². The first-order chi connectivity index (χ1) is 12.1. The molecule has 1 amide bonds. The molecule has 132 valence electrons. The molecule has 0 heterocycles. The Kier molecular flexibility index (Phi) is 6.95. The van der Waals surface area contributed by atoms with E-state index in [1.165, 1.54) is 6.07 Å². The molecule has 6 nitrogen and oxygen atoms in total. The number of benzene rings is 2. The fourth-order valence-corrected chi connectivity index (χ4v) is 2.71. The Morgan fingerprint density at radius 2 is 1.76 bits per heavy atom. The average Bonchev–Trinajstić information content (AvgIpc) is 2.64. The highest BCUT2D eigenvalue weighted by Gasteiger charge is 2.19. The van der Waals surface area contributed by atoms with Gasteiger partial charge in [-0.2, -0.15) is 0 Å². The highest BCUT2D eigenvalue weighted by molar-refractivity contribution is 5.83. The lowest BCUT2D eigenvalue weighted by atomic mass is 9.94. The summed E-state index contributed by atoms with van der Waals surface area (Å²) < 4.78 is 0. The van der Waals surface area contributed by atoms with Gasteiger partial charge in [0.15, 0.2) is 0 Å². The zero-order valence-corrected chi connectivity index (χ0v) is 14.3. The van der Waals surface area contributed by atoms with Crippen molar-refractivity contribution in [2.75, 3.05) is 18.4 Å². The van der Waals surface area contributed by atoms with Crippen LogP contribution in [0.4, 0.5) is 11.4 Å². The summed E-state index contributed by atoms with van der Waals surface area (Å²) in [7, 11) is 0. The molecular formula is C19H23N3O3. The van der Waals surface area contributed by atoms with Gasteiger partial charge in [0.1, 0.15) is 5.69 Å². The lowest BCUT2D eigenvalue weighted by Crippen LogP contribution is -2.33. The van der Waals surface area contributed by atoms with Gasteiger partial charge in [-0.25, -0.2) is 0 Å². The van der Waals surface area contributed by atoms with E-state index in [9.17, 15) is 14.9 Å². The van der Waals surface area contributed by atoms with E-state index in [0.29, 0.717) is 18.8 Å². The van der Waals surface area contributed by atoms with Crippen LogP contribution in [0.15, 0.2) is 54.6 Å². The highest BCUT2D eigenvalue weighted by Crippen LogP contribution is 2.23. The average molecular weight is 341 g/mol. The molecule has 0 fully saturated rings. The van der Waals surface area contributed by atoms with Crippen molar-refractivity contribution in [3.05, 3.63) is 70.3 Å². The van der Waals surface area contributed by atoms with Gasteiger partial charge in [0, 0.05) is 19.2 Å². The zero-order valence-electron chi connectivity index (χ0n) is 14.3. The number of carbonyl (C=O) groups is 1. The van der Waals surface area contributed by atoms with Gasteiger partial charge in [-0.15, -0.1) is 0 Å². The lowest BCUT2D eigenvalue weighted by molar-refractivity contribution is -0.384. The second-order valence-corrected chi connectivity index (χ2v) is 5.74. The van der Waals surface area contributed by atoms with Crippen LogP contribution < -0.4 is 10.6 Å². The van der Waals surface area contributed by atoms with Gasteiger partial charge >= 0.3 is 0 Å². The molecule has 2 aromatic carbocycles. The van der Waals surface area contributed by atoms with Gasteiger partial charge in [-0.1, -0.05) is 55.8 Å². The number of amides is 1. The molecule has 2 aromatic rings. The van der Waals surface area contributed by atoms with Crippen LogP contribution >= 0.6 is 0 Å². The topological polar surface area (TPSA) is 84.3 Å². The Hall–Kier alpha value is -2.89. The zero-order chi connectivity index (χ0) is 18.1. The fraction of sp³-hybridized carbons (Fsp3) is 0.316. The molecule has 6 heteroatoms. The van der Waals surface area contributed by atoms with Crippen molar-refractivity contribution in [1.82, 2.24) is 5.32 Å². The Morgan fingerprint density at radius 1 is 1.08 bits per heavy atom. The van der Waals surface area contributed by atoms with Gasteiger partial charge in [0.05, 0.1) is 10.8 Å². The maximum atomic E-state index is 12.5. The molecule has 0 aliphatic heterocycles. The minimum absolute atomic E-state index is 0.0163. The smallest absolute Gasteiger partial charge is 0.292 e. The summed E-state index contributed by atoms with van der Waals surface area (Å²) in [5, 5.41) is 16.9. The van der Waals surface area contributed by atoms with E-state index in [0.717, 1.165) is 18.4 Å². The van der Waals surface area contributed by atoms with E-state index in [1.807, 2.05) is 30.3 Å². The third-order valence-electron chi connectivity index (χ3n) is 3.94. The minimum atomic E-state index is -0.423. The number of nitro groups is 1. The Labute approximate surface area is 147 Å². The molecule has 2 N–H and O–H groups in total. The van der Waals surface area contributed by atoms with Gasteiger partial charge in [-0.3, -0.25) is 14.9 Å². The normalized spacial score (nSPS) is 11.6. The summed E-state index contributed by atoms with van der Waals surface area (Å²) in [6, 6.07) is 16.2. The summed E-state index contributed by atoms with van der Waals surface area (Å²) in [4.78, 5) is 23.0. The van der Waals surface area contributed by atoms with Crippen molar-refractivity contribution in [2.45, 2.75) is 25.7 Å². The third kappa shape index (κ3) is 5.31. The number of hydrogen-bond donors (Lipinski definition) is 2. The second-order valence-electron chi connectivity index (χ2n) is 5.74. The van der Waals surface area contributed by atoms with Crippen LogP contribution in [0.5, 0.6) is 0 Å². The molecule has 1 atom stereocenters. The molecule has 0 aromatic heterocycles. The summed E-state index contributed by atoms with van der Waals surface area (Å²) >= 11 is 0. The minimum Gasteiger partial charge on any atom is -0.378 e. The van der Waals surface area contributed by atoms with Crippen LogP contribution in [-0.4, -0.2) is 23.9 Å². The number of nitro benzene ring substituents is 1. The maximum Gasteiger partial charge on any atom is 0.292 e. The first kappa shape index (κ1) is 18.4. The van der Waals surface area contributed by atoms with Crippen LogP contribution in [0, 0.1) is 10.1 Å². The molecule has 0 aliphatic carbocycles. The molecule has 2 rings (SSSR count). The summed E-state index contributed by atoms with van der Waals surface area (Å²) in [5.41, 5.74) is 1.49. The number of rotatable bonds is 9. The second kappa shape index (κ2) is 9.42. The number of carbonyl (C=O) groups excluding carboxylic acids is 1. The predicted molar refractivity (Wildman–Crippen MR) is 98.7 cm³/mol. The summed E-state index contributed by atoms with van der Waals surface area (Å²) in [6.07, 6.45) is 1.70. The lowest BCUT2D eigenvalue weighted by Gasteiger charge is -2.17. The van der Waals surface area contributed by atoms with Crippen molar-refractivity contribution in [3.8, 4) is 0 Å². The molecule has 0 aliphatic rings. The molecule has 0 unspecified atom stereocenters. The van der Waals surface area contributed by atoms with Crippen LogP contribution in [0.3, 0.4) is 0 Å². The third-order valence-corrected chi connectivity index (χ3v) is 3.94. The number of nitrogens with one attached hydrogen (secondary N) is 2. The fourth-order valence-electron chi connectivity index (χ4n) is 2.71. The highest BCUT2D eigenvalue weighted by atomic mass is 16.6. The number of hydrogen-bond acceptors (Lipinski definition) is 4. The van der Waals surface area contributed by atoms with Crippen molar-refractivity contribution in [3.63, 3.8) is 0 Å². The summed E-state index contributed by atoms with van der Waals surface area (Å²) in [6.45, 7) is 2.88. The molecule has 0 spiro atoms. The van der Waals surface area contributed by atoms with E-state index in [1.54, 1.807) is 18.2 Å². The number of nitrogens with zero attached hydrogens (tertiary/aromatic N) is 1. The predicted octanol–water partition coefficient (Wildman–Crippen LogP) is 3.71. The van der Waals surface area contributed by atoms with Gasteiger partial charge in [0.2, 0.25) is 5.91 Å².